The summed E-state index contributed by atoms with van der Waals surface area (Å²) in [6.07, 6.45) is 1.39. The van der Waals surface area contributed by atoms with Crippen LogP contribution in [0.15, 0.2) is 23.3 Å². The van der Waals surface area contributed by atoms with Gasteiger partial charge in [0.15, 0.2) is 5.52 Å². The fourth-order valence-electron chi connectivity index (χ4n) is 2.17. The molecule has 1 N–H and O–H groups in total. The van der Waals surface area contributed by atoms with Crippen LogP contribution in [0.2, 0.25) is 0 Å². The summed E-state index contributed by atoms with van der Waals surface area (Å²) >= 11 is 0. The molecule has 0 bridgehead atoms. The molecule has 94 valence electrons. The molecule has 1 fully saturated rings. The number of methoxy groups -OCH3 is 1. The first-order valence-corrected chi connectivity index (χ1v) is 5.76. The van der Waals surface area contributed by atoms with Crippen molar-refractivity contribution < 1.29 is 4.74 Å². The summed E-state index contributed by atoms with van der Waals surface area (Å²) in [4.78, 5) is 24.7. The average Bonchev–Trinajstić information content (AvgIpc) is 2.35. The van der Waals surface area contributed by atoms with E-state index in [0.717, 1.165) is 18.9 Å². The molecule has 0 unspecified atom stereocenters. The van der Waals surface area contributed by atoms with Gasteiger partial charge in [0.05, 0.1) is 17.4 Å². The molecule has 0 amide bonds. The number of aromatic nitrogens is 3. The van der Waals surface area contributed by atoms with E-state index in [0.29, 0.717) is 11.0 Å². The van der Waals surface area contributed by atoms with E-state index in [1.807, 2.05) is 12.1 Å². The summed E-state index contributed by atoms with van der Waals surface area (Å²) in [6, 6.07) is 3.69. The molecule has 0 spiro atoms. The van der Waals surface area contributed by atoms with Crippen molar-refractivity contribution in [2.75, 3.05) is 25.1 Å². The summed E-state index contributed by atoms with van der Waals surface area (Å²) < 4.78 is 5.39. The van der Waals surface area contributed by atoms with Crippen molar-refractivity contribution in [3.8, 4) is 0 Å². The van der Waals surface area contributed by atoms with Crippen molar-refractivity contribution in [1.82, 2.24) is 15.0 Å². The van der Waals surface area contributed by atoms with Gasteiger partial charge < -0.3 is 14.6 Å². The van der Waals surface area contributed by atoms with Crippen LogP contribution in [0.25, 0.3) is 11.0 Å². The second-order valence-corrected chi connectivity index (χ2v) is 4.78. The predicted octanol–water partition coefficient (Wildman–Crippen LogP) is 0.543. The average molecular weight is 246 g/mol. The van der Waals surface area contributed by atoms with Crippen molar-refractivity contribution in [2.45, 2.75) is 12.5 Å². The number of rotatable bonds is 2. The predicted molar refractivity (Wildman–Crippen MR) is 67.8 cm³/mol. The van der Waals surface area contributed by atoms with Crippen LogP contribution in [-0.2, 0) is 4.74 Å². The molecular weight excluding hydrogens is 232 g/mol. The fraction of sp³-hybridized carbons (Fsp3) is 0.417. The zero-order valence-electron chi connectivity index (χ0n) is 10.3. The van der Waals surface area contributed by atoms with E-state index in [1.165, 1.54) is 6.33 Å². The van der Waals surface area contributed by atoms with E-state index in [2.05, 4.69) is 26.8 Å². The van der Waals surface area contributed by atoms with Gasteiger partial charge in [-0.3, -0.25) is 4.79 Å². The van der Waals surface area contributed by atoms with Crippen molar-refractivity contribution in [2.24, 2.45) is 0 Å². The van der Waals surface area contributed by atoms with Gasteiger partial charge in [-0.25, -0.2) is 9.97 Å². The Morgan fingerprint density at radius 3 is 2.94 bits per heavy atom. The van der Waals surface area contributed by atoms with E-state index in [9.17, 15) is 4.79 Å². The van der Waals surface area contributed by atoms with Gasteiger partial charge >= 0.3 is 0 Å². The van der Waals surface area contributed by atoms with Crippen molar-refractivity contribution in [1.29, 1.82) is 0 Å². The maximum absolute atomic E-state index is 11.6. The molecule has 0 atom stereocenters. The van der Waals surface area contributed by atoms with E-state index in [1.54, 1.807) is 7.11 Å². The number of aromatic amines is 1. The van der Waals surface area contributed by atoms with Gasteiger partial charge in [-0.15, -0.1) is 0 Å². The largest absolute Gasteiger partial charge is 0.375 e. The second kappa shape index (κ2) is 3.78. The highest BCUT2D eigenvalue weighted by Gasteiger charge is 2.39. The van der Waals surface area contributed by atoms with Gasteiger partial charge in [0, 0.05) is 20.2 Å². The third-order valence-corrected chi connectivity index (χ3v) is 3.34. The molecule has 1 aliphatic heterocycles. The Morgan fingerprint density at radius 1 is 1.44 bits per heavy atom. The molecule has 2 aromatic heterocycles. The standard InChI is InChI=1S/C12H14N4O2/c1-12(18-2)5-16(6-12)9-4-3-8-10(15-9)11(17)14-7-13-8/h3-4,7H,5-6H2,1-2H3,(H,13,14,17). The van der Waals surface area contributed by atoms with E-state index >= 15 is 0 Å². The lowest BCUT2D eigenvalue weighted by molar-refractivity contribution is -0.0171. The monoisotopic (exact) mass is 246 g/mol. The lowest BCUT2D eigenvalue weighted by atomic mass is 9.96. The van der Waals surface area contributed by atoms with Crippen LogP contribution in [0.4, 0.5) is 5.82 Å². The Balaban J connectivity index is 1.96. The molecule has 3 heterocycles. The number of fused-ring (bicyclic) bond motifs is 1. The van der Waals surface area contributed by atoms with E-state index in [-0.39, 0.29) is 11.2 Å². The van der Waals surface area contributed by atoms with Gasteiger partial charge in [-0.05, 0) is 19.1 Å². The van der Waals surface area contributed by atoms with Crippen LogP contribution in [0.3, 0.4) is 0 Å². The molecule has 0 radical (unpaired) electrons. The SMILES string of the molecule is COC1(C)CN(c2ccc3nc[nH]c(=O)c3n2)C1. The normalized spacial score (nSPS) is 17.8. The minimum Gasteiger partial charge on any atom is -0.375 e. The van der Waals surface area contributed by atoms with Gasteiger partial charge in [0.2, 0.25) is 0 Å². The molecule has 0 aliphatic carbocycles. The van der Waals surface area contributed by atoms with Gasteiger partial charge in [0.25, 0.3) is 5.56 Å². The van der Waals surface area contributed by atoms with Crippen molar-refractivity contribution in [3.63, 3.8) is 0 Å². The van der Waals surface area contributed by atoms with Crippen LogP contribution in [0.1, 0.15) is 6.92 Å². The number of nitrogens with one attached hydrogen (secondary N) is 1. The zero-order chi connectivity index (χ0) is 12.8. The molecule has 3 rings (SSSR count). The highest BCUT2D eigenvalue weighted by molar-refractivity contribution is 5.75. The van der Waals surface area contributed by atoms with Crippen molar-refractivity contribution >= 4 is 16.9 Å². The van der Waals surface area contributed by atoms with Gasteiger partial charge in [-0.1, -0.05) is 0 Å². The van der Waals surface area contributed by atoms with Crippen LogP contribution in [0, 0.1) is 0 Å². The molecule has 0 saturated carbocycles. The van der Waals surface area contributed by atoms with Gasteiger partial charge in [-0.2, -0.15) is 0 Å². The molecular formula is C12H14N4O2. The zero-order valence-corrected chi connectivity index (χ0v) is 10.3. The molecule has 2 aromatic rings. The number of ether oxygens (including phenoxy) is 1. The third kappa shape index (κ3) is 1.65. The molecule has 6 heteroatoms. The highest BCUT2D eigenvalue weighted by atomic mass is 16.5. The first-order chi connectivity index (χ1) is 8.61. The van der Waals surface area contributed by atoms with Crippen LogP contribution < -0.4 is 10.5 Å². The van der Waals surface area contributed by atoms with E-state index < -0.39 is 0 Å². The Morgan fingerprint density at radius 2 is 2.22 bits per heavy atom. The first kappa shape index (κ1) is 11.2. The molecule has 1 saturated heterocycles. The number of anilines is 1. The minimum atomic E-state index is -0.211. The summed E-state index contributed by atoms with van der Waals surface area (Å²) in [5.74, 6) is 0.788. The van der Waals surface area contributed by atoms with Crippen LogP contribution >= 0.6 is 0 Å². The molecule has 18 heavy (non-hydrogen) atoms. The summed E-state index contributed by atoms with van der Waals surface area (Å²) in [5.41, 5.74) is 0.660. The Hall–Kier alpha value is -1.95. The van der Waals surface area contributed by atoms with Crippen LogP contribution in [0.5, 0.6) is 0 Å². The lowest BCUT2D eigenvalue weighted by Crippen LogP contribution is -2.61. The highest BCUT2D eigenvalue weighted by Crippen LogP contribution is 2.28. The first-order valence-electron chi connectivity index (χ1n) is 5.76. The maximum Gasteiger partial charge on any atom is 0.277 e. The Bertz CT molecular complexity index is 646. The summed E-state index contributed by atoms with van der Waals surface area (Å²) in [7, 11) is 1.71. The number of hydrogen-bond donors (Lipinski definition) is 1. The fourth-order valence-corrected chi connectivity index (χ4v) is 2.17. The summed E-state index contributed by atoms with van der Waals surface area (Å²) in [6.45, 7) is 3.61. The smallest absolute Gasteiger partial charge is 0.277 e. The van der Waals surface area contributed by atoms with Gasteiger partial charge in [0.1, 0.15) is 5.82 Å². The maximum atomic E-state index is 11.6. The van der Waals surface area contributed by atoms with Crippen molar-refractivity contribution in [3.05, 3.63) is 28.8 Å². The topological polar surface area (TPSA) is 71.1 Å². The quantitative estimate of drug-likeness (QED) is 0.837. The number of hydrogen-bond acceptors (Lipinski definition) is 5. The third-order valence-electron chi connectivity index (χ3n) is 3.34. The minimum absolute atomic E-state index is 0.113. The number of nitrogens with zero attached hydrogens (tertiary/aromatic N) is 3. The van der Waals surface area contributed by atoms with Crippen LogP contribution in [-0.4, -0.2) is 40.8 Å². The summed E-state index contributed by atoms with van der Waals surface area (Å²) in [5, 5.41) is 0. The molecule has 6 nitrogen and oxygen atoms in total. The second-order valence-electron chi connectivity index (χ2n) is 4.78. The lowest BCUT2D eigenvalue weighted by Gasteiger charge is -2.47. The Labute approximate surface area is 104 Å². The molecule has 1 aliphatic rings. The van der Waals surface area contributed by atoms with E-state index in [4.69, 9.17) is 4.74 Å². The molecule has 0 aromatic carbocycles. The number of H-pyrrole nitrogens is 1. The number of pyridine rings is 1. The Kier molecular flexibility index (Phi) is 2.34.